The maximum Gasteiger partial charge on any atom is 0.397 e. The van der Waals surface area contributed by atoms with Gasteiger partial charge in [0, 0.05) is 0 Å². The van der Waals surface area contributed by atoms with Crippen LogP contribution in [0.25, 0.3) is 0 Å². The topological polar surface area (TPSA) is 76.7 Å². The second-order valence-corrected chi connectivity index (χ2v) is 10.6. The molecule has 176 valence electrons. The third kappa shape index (κ3) is 8.95. The number of rotatable bonds is 13. The van der Waals surface area contributed by atoms with E-state index in [1.807, 2.05) is 6.07 Å². The zero-order chi connectivity index (χ0) is 22.9. The molecule has 6 heteroatoms. The summed E-state index contributed by atoms with van der Waals surface area (Å²) >= 11 is 0. The van der Waals surface area contributed by atoms with E-state index in [1.165, 1.54) is 30.4 Å². The number of allylic oxidation sites excluding steroid dienone is 4. The van der Waals surface area contributed by atoms with Crippen LogP contribution < -0.4 is 0 Å². The molecule has 0 aromatic carbocycles. The lowest BCUT2D eigenvalue weighted by molar-refractivity contribution is 0.208. The summed E-state index contributed by atoms with van der Waals surface area (Å²) < 4.78 is 40.7. The van der Waals surface area contributed by atoms with E-state index in [9.17, 15) is 8.42 Å². The molecule has 31 heavy (non-hydrogen) atoms. The summed E-state index contributed by atoms with van der Waals surface area (Å²) in [5, 5.41) is 0. The van der Waals surface area contributed by atoms with Crippen LogP contribution >= 0.6 is 0 Å². The van der Waals surface area contributed by atoms with Gasteiger partial charge in [0.2, 0.25) is 0 Å². The van der Waals surface area contributed by atoms with Gasteiger partial charge in [0.1, 0.15) is 0 Å². The highest BCUT2D eigenvalue weighted by Gasteiger charge is 2.34. The Labute approximate surface area is 188 Å². The van der Waals surface area contributed by atoms with Crippen LogP contribution in [-0.4, -0.2) is 19.6 Å². The summed E-state index contributed by atoms with van der Waals surface area (Å²) in [6.07, 6.45) is 17.2. The fourth-order valence-corrected chi connectivity index (χ4v) is 4.95. The Morgan fingerprint density at radius 1 is 1.42 bits per heavy atom. The standard InChI is InChI=1S/C25H40O5S/c1-20(14-16-25(4)21(2)9-6-10-22(25)3)8-5-11-23(19-30-31(26,27)28)12-7-13-24-15-17-29-18-24/h8-9,15,17-18,22-23H,5-7,10-14,16,19H2,1-4H3,(H,26,27,28)/t22-,23?,25-/m1/s1. The number of aryl methyl sites for hydroxylation is 1. The lowest BCUT2D eigenvalue weighted by Gasteiger charge is -2.40. The van der Waals surface area contributed by atoms with Gasteiger partial charge in [-0.05, 0) is 101 Å². The number of furan rings is 1. The molecule has 2 rings (SSSR count). The summed E-state index contributed by atoms with van der Waals surface area (Å²) in [5.74, 6) is 0.793. The van der Waals surface area contributed by atoms with Crippen molar-refractivity contribution in [1.29, 1.82) is 0 Å². The van der Waals surface area contributed by atoms with E-state index >= 15 is 0 Å². The van der Waals surface area contributed by atoms with Crippen molar-refractivity contribution in [2.45, 2.75) is 85.5 Å². The SMILES string of the molecule is CC(=CCCC(CCCc1ccoc1)COS(=O)(=O)O)CC[C@]1(C)C(C)=CCC[C@H]1C. The molecule has 0 fully saturated rings. The monoisotopic (exact) mass is 452 g/mol. The van der Waals surface area contributed by atoms with Crippen LogP contribution in [0.5, 0.6) is 0 Å². The summed E-state index contributed by atoms with van der Waals surface area (Å²) in [5.41, 5.74) is 4.34. The van der Waals surface area contributed by atoms with Gasteiger partial charge in [-0.15, -0.1) is 0 Å². The zero-order valence-corrected chi connectivity index (χ0v) is 20.4. The fraction of sp³-hybridized carbons (Fsp3) is 0.680. The smallest absolute Gasteiger partial charge is 0.397 e. The van der Waals surface area contributed by atoms with Crippen molar-refractivity contribution in [1.82, 2.24) is 0 Å². The predicted molar refractivity (Wildman–Crippen MR) is 125 cm³/mol. The third-order valence-corrected chi connectivity index (χ3v) is 7.69. The van der Waals surface area contributed by atoms with Crippen molar-refractivity contribution in [3.8, 4) is 0 Å². The van der Waals surface area contributed by atoms with Crippen molar-refractivity contribution in [2.75, 3.05) is 6.61 Å². The van der Waals surface area contributed by atoms with E-state index in [4.69, 9.17) is 8.97 Å². The fourth-order valence-electron chi connectivity index (χ4n) is 4.58. The number of hydrogen-bond donors (Lipinski definition) is 1. The highest BCUT2D eigenvalue weighted by atomic mass is 32.3. The van der Waals surface area contributed by atoms with Gasteiger partial charge >= 0.3 is 10.4 Å². The molecule has 0 saturated carbocycles. The van der Waals surface area contributed by atoms with E-state index in [0.29, 0.717) is 5.92 Å². The van der Waals surface area contributed by atoms with Crippen LogP contribution in [0, 0.1) is 17.3 Å². The maximum atomic E-state index is 11.0. The molecular weight excluding hydrogens is 412 g/mol. The summed E-state index contributed by atoms with van der Waals surface area (Å²) in [7, 11) is -4.40. The van der Waals surface area contributed by atoms with E-state index in [-0.39, 0.29) is 17.9 Å². The van der Waals surface area contributed by atoms with Crippen molar-refractivity contribution in [3.05, 3.63) is 47.5 Å². The van der Waals surface area contributed by atoms with Gasteiger partial charge in [0.25, 0.3) is 0 Å². The highest BCUT2D eigenvalue weighted by Crippen LogP contribution is 2.45. The molecule has 1 aromatic heterocycles. The Hall–Kier alpha value is -1.37. The van der Waals surface area contributed by atoms with Crippen molar-refractivity contribution >= 4 is 10.4 Å². The minimum atomic E-state index is -4.40. The van der Waals surface area contributed by atoms with E-state index < -0.39 is 10.4 Å². The molecule has 0 radical (unpaired) electrons. The number of hydrogen-bond acceptors (Lipinski definition) is 4. The summed E-state index contributed by atoms with van der Waals surface area (Å²) in [4.78, 5) is 0. The first kappa shape index (κ1) is 25.9. The Balaban J connectivity index is 1.83. The van der Waals surface area contributed by atoms with Gasteiger partial charge in [-0.3, -0.25) is 4.55 Å². The maximum absolute atomic E-state index is 11.0. The Bertz CT molecular complexity index is 822. The molecule has 0 amide bonds. The Morgan fingerprint density at radius 2 is 2.19 bits per heavy atom. The van der Waals surface area contributed by atoms with Crippen molar-refractivity contribution in [3.63, 3.8) is 0 Å². The van der Waals surface area contributed by atoms with Crippen LogP contribution in [-0.2, 0) is 21.0 Å². The van der Waals surface area contributed by atoms with Crippen LogP contribution in [0.2, 0.25) is 0 Å². The largest absolute Gasteiger partial charge is 0.472 e. The van der Waals surface area contributed by atoms with Gasteiger partial charge in [-0.2, -0.15) is 8.42 Å². The Morgan fingerprint density at radius 3 is 2.84 bits per heavy atom. The lowest BCUT2D eigenvalue weighted by Crippen LogP contribution is -2.29. The molecule has 1 aliphatic carbocycles. The first-order valence-electron chi connectivity index (χ1n) is 11.6. The first-order valence-corrected chi connectivity index (χ1v) is 12.9. The van der Waals surface area contributed by atoms with Gasteiger partial charge in [0.05, 0.1) is 19.1 Å². The zero-order valence-electron chi connectivity index (χ0n) is 19.6. The second kappa shape index (κ2) is 12.0. The van der Waals surface area contributed by atoms with E-state index in [2.05, 4.69) is 44.0 Å². The molecule has 1 unspecified atom stereocenters. The minimum absolute atomic E-state index is 0.0245. The molecule has 0 bridgehead atoms. The Kier molecular flexibility index (Phi) is 10.0. The van der Waals surface area contributed by atoms with Gasteiger partial charge in [-0.1, -0.05) is 37.1 Å². The average Bonchev–Trinajstić information content (AvgIpc) is 3.21. The normalized spacial score (nSPS) is 23.6. The predicted octanol–water partition coefficient (Wildman–Crippen LogP) is 6.93. The third-order valence-electron chi connectivity index (χ3n) is 7.26. The molecular formula is C25H40O5S. The summed E-state index contributed by atoms with van der Waals surface area (Å²) in [6.45, 7) is 9.27. The highest BCUT2D eigenvalue weighted by molar-refractivity contribution is 7.80. The van der Waals surface area contributed by atoms with Crippen LogP contribution in [0.15, 0.2) is 46.3 Å². The van der Waals surface area contributed by atoms with E-state index in [1.54, 1.807) is 12.5 Å². The van der Waals surface area contributed by atoms with Gasteiger partial charge in [0.15, 0.2) is 0 Å². The molecule has 1 aliphatic rings. The average molecular weight is 453 g/mol. The van der Waals surface area contributed by atoms with Crippen molar-refractivity contribution < 1.29 is 21.6 Å². The molecule has 3 atom stereocenters. The molecule has 0 spiro atoms. The van der Waals surface area contributed by atoms with E-state index in [0.717, 1.165) is 44.1 Å². The van der Waals surface area contributed by atoms with Crippen molar-refractivity contribution in [2.24, 2.45) is 17.3 Å². The molecule has 1 heterocycles. The van der Waals surface area contributed by atoms with Gasteiger partial charge in [-0.25, -0.2) is 4.18 Å². The molecule has 5 nitrogen and oxygen atoms in total. The van der Waals surface area contributed by atoms with Gasteiger partial charge < -0.3 is 4.42 Å². The van der Waals surface area contributed by atoms with Crippen LogP contribution in [0.4, 0.5) is 0 Å². The van der Waals surface area contributed by atoms with Crippen LogP contribution in [0.1, 0.15) is 84.6 Å². The molecule has 0 saturated heterocycles. The lowest BCUT2D eigenvalue weighted by atomic mass is 9.65. The second-order valence-electron chi connectivity index (χ2n) is 9.51. The van der Waals surface area contributed by atoms with Crippen LogP contribution in [0.3, 0.4) is 0 Å². The minimum Gasteiger partial charge on any atom is -0.472 e. The molecule has 1 aromatic rings. The molecule has 0 aliphatic heterocycles. The summed E-state index contributed by atoms with van der Waals surface area (Å²) in [6, 6.07) is 1.94. The quantitative estimate of drug-likeness (QED) is 0.259. The molecule has 1 N–H and O–H groups in total. The first-order chi connectivity index (χ1) is 14.6.